The first-order valence-electron chi connectivity index (χ1n) is 9.89. The van der Waals surface area contributed by atoms with Gasteiger partial charge in [0.25, 0.3) is 0 Å². The number of fused-ring (bicyclic) bond motifs is 1. The monoisotopic (exact) mass is 327 g/mol. The molecule has 0 aliphatic carbocycles. The summed E-state index contributed by atoms with van der Waals surface area (Å²) in [6.07, 6.45) is 12.2. The first-order chi connectivity index (χ1) is 11.7. The Morgan fingerprint density at radius 2 is 1.88 bits per heavy atom. The number of unbranched alkanes of at least 4 members (excludes halogenated alkanes) is 4. The fourth-order valence-electron chi connectivity index (χ4n) is 3.73. The third-order valence-electron chi connectivity index (χ3n) is 5.43. The van der Waals surface area contributed by atoms with E-state index in [1.165, 1.54) is 44.1 Å². The Morgan fingerprint density at radius 3 is 2.58 bits per heavy atom. The van der Waals surface area contributed by atoms with Crippen LogP contribution in [0, 0.1) is 11.8 Å². The third kappa shape index (κ3) is 5.03. The molecule has 0 saturated heterocycles. The van der Waals surface area contributed by atoms with E-state index in [9.17, 15) is 4.79 Å². The molecule has 0 unspecified atom stereocenters. The van der Waals surface area contributed by atoms with Gasteiger partial charge in [-0.3, -0.25) is 9.79 Å². The normalized spacial score (nSPS) is 16.4. The van der Waals surface area contributed by atoms with Crippen LogP contribution in [0.5, 0.6) is 0 Å². The Labute approximate surface area is 147 Å². The van der Waals surface area contributed by atoms with Crippen LogP contribution in [-0.2, 0) is 6.42 Å². The third-order valence-corrected chi connectivity index (χ3v) is 5.43. The van der Waals surface area contributed by atoms with E-state index in [1.54, 1.807) is 0 Å². The number of rotatable bonds is 10. The molecule has 0 radical (unpaired) electrons. The average molecular weight is 328 g/mol. The van der Waals surface area contributed by atoms with Gasteiger partial charge in [-0.1, -0.05) is 71.4 Å². The van der Waals surface area contributed by atoms with Gasteiger partial charge in [0, 0.05) is 24.1 Å². The standard InChI is InChI=1S/C22H33NO/c1-4-7-8-9-10-11-22(24)19-13-12-18-14-20(17(5-2)6-3)16-23-21(18)15-19/h12-13,15-17,20H,4-11,14H2,1-3H3/t20-/m1/s1. The van der Waals surface area contributed by atoms with Gasteiger partial charge in [-0.05, 0) is 30.4 Å². The minimum Gasteiger partial charge on any atom is -0.294 e. The first-order valence-corrected chi connectivity index (χ1v) is 9.89. The van der Waals surface area contributed by atoms with Crippen LogP contribution in [-0.4, -0.2) is 12.0 Å². The Balaban J connectivity index is 1.95. The minimum absolute atomic E-state index is 0.270. The van der Waals surface area contributed by atoms with Crippen molar-refractivity contribution in [3.63, 3.8) is 0 Å². The van der Waals surface area contributed by atoms with Crippen LogP contribution in [0.3, 0.4) is 0 Å². The predicted octanol–water partition coefficient (Wildman–Crippen LogP) is 6.54. The van der Waals surface area contributed by atoms with E-state index in [2.05, 4.69) is 38.0 Å². The van der Waals surface area contributed by atoms with Gasteiger partial charge in [0.05, 0.1) is 5.69 Å². The highest BCUT2D eigenvalue weighted by molar-refractivity contribution is 5.97. The molecule has 1 aromatic carbocycles. The maximum absolute atomic E-state index is 12.4. The molecule has 2 rings (SSSR count). The predicted molar refractivity (Wildman–Crippen MR) is 104 cm³/mol. The van der Waals surface area contributed by atoms with E-state index in [4.69, 9.17) is 0 Å². The molecule has 0 spiro atoms. The molecule has 1 heterocycles. The second kappa shape index (κ2) is 9.76. The number of hydrogen-bond donors (Lipinski definition) is 0. The molecule has 2 nitrogen and oxygen atoms in total. The molecular formula is C22H33NO. The van der Waals surface area contributed by atoms with E-state index in [0.717, 1.165) is 24.1 Å². The maximum atomic E-state index is 12.4. The zero-order chi connectivity index (χ0) is 17.4. The van der Waals surface area contributed by atoms with Gasteiger partial charge < -0.3 is 0 Å². The Hall–Kier alpha value is -1.44. The van der Waals surface area contributed by atoms with E-state index in [-0.39, 0.29) is 5.78 Å². The molecule has 0 aromatic heterocycles. The lowest BCUT2D eigenvalue weighted by Crippen LogP contribution is -2.20. The van der Waals surface area contributed by atoms with Crippen molar-refractivity contribution in [2.24, 2.45) is 16.8 Å². The van der Waals surface area contributed by atoms with E-state index in [1.807, 2.05) is 12.1 Å². The lowest BCUT2D eigenvalue weighted by Gasteiger charge is -2.25. The first kappa shape index (κ1) is 18.9. The fraction of sp³-hybridized carbons (Fsp3) is 0.636. The van der Waals surface area contributed by atoms with Crippen LogP contribution in [0.2, 0.25) is 0 Å². The maximum Gasteiger partial charge on any atom is 0.162 e. The number of ketones is 1. The Kier molecular flexibility index (Phi) is 7.68. The highest BCUT2D eigenvalue weighted by atomic mass is 16.1. The largest absolute Gasteiger partial charge is 0.294 e. The van der Waals surface area contributed by atoms with Gasteiger partial charge in [0.1, 0.15) is 0 Å². The van der Waals surface area contributed by atoms with E-state index in [0.29, 0.717) is 18.3 Å². The Bertz CT molecular complexity index is 557. The van der Waals surface area contributed by atoms with Crippen molar-refractivity contribution in [2.45, 2.75) is 78.6 Å². The van der Waals surface area contributed by atoms with Gasteiger partial charge in [0.15, 0.2) is 5.78 Å². The molecule has 2 heteroatoms. The summed E-state index contributed by atoms with van der Waals surface area (Å²) in [6, 6.07) is 6.15. The SMILES string of the molecule is CCCCCCCC(=O)c1ccc2c(c1)N=C[C@H](C(CC)CC)C2. The second-order valence-corrected chi connectivity index (χ2v) is 7.15. The van der Waals surface area contributed by atoms with Crippen molar-refractivity contribution in [1.82, 2.24) is 0 Å². The van der Waals surface area contributed by atoms with Crippen LogP contribution in [0.15, 0.2) is 23.2 Å². The topological polar surface area (TPSA) is 29.4 Å². The summed E-state index contributed by atoms with van der Waals surface area (Å²) in [6.45, 7) is 6.74. The average Bonchev–Trinajstić information content (AvgIpc) is 2.62. The quantitative estimate of drug-likeness (QED) is 0.354. The summed E-state index contributed by atoms with van der Waals surface area (Å²) < 4.78 is 0. The van der Waals surface area contributed by atoms with Gasteiger partial charge in [0.2, 0.25) is 0 Å². The number of carbonyl (C=O) groups is 1. The van der Waals surface area contributed by atoms with Gasteiger partial charge in [-0.2, -0.15) is 0 Å². The van der Waals surface area contributed by atoms with Crippen molar-refractivity contribution < 1.29 is 4.79 Å². The Morgan fingerprint density at radius 1 is 1.12 bits per heavy atom. The number of carbonyl (C=O) groups excluding carboxylic acids is 1. The molecule has 24 heavy (non-hydrogen) atoms. The molecule has 0 amide bonds. The lowest BCUT2D eigenvalue weighted by atomic mass is 9.82. The van der Waals surface area contributed by atoms with Crippen molar-refractivity contribution >= 4 is 17.7 Å². The summed E-state index contributed by atoms with van der Waals surface area (Å²) in [5, 5.41) is 0. The summed E-state index contributed by atoms with van der Waals surface area (Å²) in [5.74, 6) is 1.53. The molecule has 0 fully saturated rings. The zero-order valence-corrected chi connectivity index (χ0v) is 15.7. The highest BCUT2D eigenvalue weighted by Crippen LogP contribution is 2.32. The molecule has 0 bridgehead atoms. The number of nitrogens with zero attached hydrogens (tertiary/aromatic N) is 1. The van der Waals surface area contributed by atoms with Gasteiger partial charge in [-0.25, -0.2) is 0 Å². The number of benzene rings is 1. The summed E-state index contributed by atoms with van der Waals surface area (Å²) >= 11 is 0. The molecule has 1 aliphatic heterocycles. The highest BCUT2D eigenvalue weighted by Gasteiger charge is 2.22. The summed E-state index contributed by atoms with van der Waals surface area (Å²) in [4.78, 5) is 17.1. The number of hydrogen-bond acceptors (Lipinski definition) is 2. The summed E-state index contributed by atoms with van der Waals surface area (Å²) in [7, 11) is 0. The number of aliphatic imine (C=N–C) groups is 1. The van der Waals surface area contributed by atoms with Crippen LogP contribution in [0.1, 0.15) is 88.1 Å². The van der Waals surface area contributed by atoms with Gasteiger partial charge >= 0.3 is 0 Å². The summed E-state index contributed by atoms with van der Waals surface area (Å²) in [5.41, 5.74) is 3.14. The van der Waals surface area contributed by atoms with Crippen LogP contribution < -0.4 is 0 Å². The minimum atomic E-state index is 0.270. The van der Waals surface area contributed by atoms with E-state index >= 15 is 0 Å². The molecule has 1 aromatic rings. The van der Waals surface area contributed by atoms with Crippen molar-refractivity contribution in [3.8, 4) is 0 Å². The number of Topliss-reactive ketones (excluding diaryl/α,β-unsaturated/α-hetero) is 1. The molecule has 1 aliphatic rings. The molecular weight excluding hydrogens is 294 g/mol. The second-order valence-electron chi connectivity index (χ2n) is 7.15. The van der Waals surface area contributed by atoms with Crippen molar-refractivity contribution in [1.29, 1.82) is 0 Å². The smallest absolute Gasteiger partial charge is 0.162 e. The fourth-order valence-corrected chi connectivity index (χ4v) is 3.73. The molecule has 0 saturated carbocycles. The van der Waals surface area contributed by atoms with Crippen LogP contribution in [0.4, 0.5) is 5.69 Å². The van der Waals surface area contributed by atoms with Crippen LogP contribution >= 0.6 is 0 Å². The zero-order valence-electron chi connectivity index (χ0n) is 15.7. The lowest BCUT2D eigenvalue weighted by molar-refractivity contribution is 0.0979. The molecule has 1 atom stereocenters. The van der Waals surface area contributed by atoms with Crippen molar-refractivity contribution in [3.05, 3.63) is 29.3 Å². The molecule has 132 valence electrons. The van der Waals surface area contributed by atoms with Crippen LogP contribution in [0.25, 0.3) is 0 Å². The van der Waals surface area contributed by atoms with E-state index < -0.39 is 0 Å². The molecule has 0 N–H and O–H groups in total. The van der Waals surface area contributed by atoms with Gasteiger partial charge in [-0.15, -0.1) is 0 Å². The van der Waals surface area contributed by atoms with Crippen molar-refractivity contribution in [2.75, 3.05) is 0 Å².